The molecule has 0 radical (unpaired) electrons. The van der Waals surface area contributed by atoms with Crippen LogP contribution in [-0.4, -0.2) is 19.7 Å². The maximum absolute atomic E-state index is 5.28. The second-order valence-electron chi connectivity index (χ2n) is 4.61. The van der Waals surface area contributed by atoms with Gasteiger partial charge >= 0.3 is 0 Å². The molecule has 1 aliphatic rings. The van der Waals surface area contributed by atoms with Gasteiger partial charge in [0.15, 0.2) is 0 Å². The van der Waals surface area contributed by atoms with E-state index < -0.39 is 0 Å². The molecule has 0 saturated carbocycles. The van der Waals surface area contributed by atoms with E-state index in [-0.39, 0.29) is 0 Å². The highest BCUT2D eigenvalue weighted by Gasteiger charge is 2.18. The molecule has 1 aliphatic carbocycles. The zero-order valence-corrected chi connectivity index (χ0v) is 10.5. The molecule has 1 aromatic rings. The Kier molecular flexibility index (Phi) is 4.21. The average Bonchev–Trinajstić information content (AvgIpc) is 2.38. The first-order chi connectivity index (χ1) is 8.33. The molecule has 0 amide bonds. The van der Waals surface area contributed by atoms with Gasteiger partial charge in [0, 0.05) is 6.04 Å². The van der Waals surface area contributed by atoms with Crippen LogP contribution in [0.25, 0.3) is 0 Å². The average molecular weight is 231 g/mol. The molecule has 0 aromatic heterocycles. The standard InChI is InChI=1S/C15H21NO/c1-3-4-9-16-14-7-5-12-6-8-15(17-2)11-13(12)10-14/h3,6,8,11,14,16H,1,4-5,7,9-10H2,2H3. The van der Waals surface area contributed by atoms with Gasteiger partial charge in [-0.1, -0.05) is 12.1 Å². The predicted octanol–water partition coefficient (Wildman–Crippen LogP) is 2.72. The molecule has 17 heavy (non-hydrogen) atoms. The summed E-state index contributed by atoms with van der Waals surface area (Å²) in [6.07, 6.45) is 6.53. The first kappa shape index (κ1) is 12.2. The summed E-state index contributed by atoms with van der Waals surface area (Å²) in [5, 5.41) is 3.59. The van der Waals surface area contributed by atoms with E-state index in [4.69, 9.17) is 4.74 Å². The zero-order valence-electron chi connectivity index (χ0n) is 10.5. The van der Waals surface area contributed by atoms with Crippen molar-refractivity contribution in [3.8, 4) is 5.75 Å². The molecule has 1 unspecified atom stereocenters. The van der Waals surface area contributed by atoms with Crippen LogP contribution in [0.1, 0.15) is 24.0 Å². The third-order valence-corrected chi connectivity index (χ3v) is 3.42. The molecule has 1 atom stereocenters. The van der Waals surface area contributed by atoms with Gasteiger partial charge in [0.05, 0.1) is 7.11 Å². The van der Waals surface area contributed by atoms with E-state index in [1.165, 1.54) is 24.0 Å². The minimum Gasteiger partial charge on any atom is -0.497 e. The van der Waals surface area contributed by atoms with E-state index >= 15 is 0 Å². The Morgan fingerprint density at radius 2 is 2.35 bits per heavy atom. The number of nitrogens with one attached hydrogen (secondary N) is 1. The maximum Gasteiger partial charge on any atom is 0.119 e. The van der Waals surface area contributed by atoms with Crippen molar-refractivity contribution in [1.82, 2.24) is 5.32 Å². The number of aryl methyl sites for hydroxylation is 1. The van der Waals surface area contributed by atoms with Crippen LogP contribution in [0, 0.1) is 0 Å². The van der Waals surface area contributed by atoms with E-state index in [1.807, 2.05) is 6.08 Å². The molecule has 2 heteroatoms. The van der Waals surface area contributed by atoms with Crippen LogP contribution in [0.15, 0.2) is 30.9 Å². The van der Waals surface area contributed by atoms with Gasteiger partial charge in [0.2, 0.25) is 0 Å². The fourth-order valence-electron chi connectivity index (χ4n) is 2.42. The van der Waals surface area contributed by atoms with Gasteiger partial charge in [-0.3, -0.25) is 0 Å². The van der Waals surface area contributed by atoms with Gasteiger partial charge in [0.1, 0.15) is 5.75 Å². The van der Waals surface area contributed by atoms with Gasteiger partial charge in [-0.15, -0.1) is 6.58 Å². The van der Waals surface area contributed by atoms with Crippen molar-refractivity contribution in [1.29, 1.82) is 0 Å². The molecule has 0 saturated heterocycles. The Labute approximate surface area is 104 Å². The number of benzene rings is 1. The first-order valence-electron chi connectivity index (χ1n) is 6.33. The maximum atomic E-state index is 5.28. The van der Waals surface area contributed by atoms with Crippen molar-refractivity contribution in [2.45, 2.75) is 31.7 Å². The molecule has 92 valence electrons. The molecular weight excluding hydrogens is 210 g/mol. The summed E-state index contributed by atoms with van der Waals surface area (Å²) in [5.74, 6) is 0.968. The third-order valence-electron chi connectivity index (χ3n) is 3.42. The lowest BCUT2D eigenvalue weighted by molar-refractivity contribution is 0.411. The summed E-state index contributed by atoms with van der Waals surface area (Å²) < 4.78 is 5.28. The van der Waals surface area contributed by atoms with Crippen LogP contribution in [0.5, 0.6) is 5.75 Å². The third kappa shape index (κ3) is 3.10. The van der Waals surface area contributed by atoms with Crippen LogP contribution in [0.3, 0.4) is 0 Å². The monoisotopic (exact) mass is 231 g/mol. The number of fused-ring (bicyclic) bond motifs is 1. The summed E-state index contributed by atoms with van der Waals surface area (Å²) >= 11 is 0. The molecule has 0 heterocycles. The quantitative estimate of drug-likeness (QED) is 0.621. The highest BCUT2D eigenvalue weighted by molar-refractivity contribution is 5.37. The summed E-state index contributed by atoms with van der Waals surface area (Å²) in [6, 6.07) is 7.05. The van der Waals surface area contributed by atoms with Crippen LogP contribution in [-0.2, 0) is 12.8 Å². The fourth-order valence-corrected chi connectivity index (χ4v) is 2.42. The lowest BCUT2D eigenvalue weighted by Crippen LogP contribution is -2.35. The highest BCUT2D eigenvalue weighted by atomic mass is 16.5. The summed E-state index contributed by atoms with van der Waals surface area (Å²) in [6.45, 7) is 4.78. The van der Waals surface area contributed by atoms with Crippen molar-refractivity contribution >= 4 is 0 Å². The minimum atomic E-state index is 0.606. The topological polar surface area (TPSA) is 21.3 Å². The van der Waals surface area contributed by atoms with Gasteiger partial charge < -0.3 is 10.1 Å². The predicted molar refractivity (Wildman–Crippen MR) is 71.6 cm³/mol. The molecule has 0 fully saturated rings. The van der Waals surface area contributed by atoms with Crippen LogP contribution in [0.4, 0.5) is 0 Å². The summed E-state index contributed by atoms with van der Waals surface area (Å²) in [7, 11) is 1.73. The SMILES string of the molecule is C=CCCNC1CCc2ccc(OC)cc2C1. The second-order valence-corrected chi connectivity index (χ2v) is 4.61. The van der Waals surface area contributed by atoms with E-state index in [0.717, 1.165) is 25.1 Å². The van der Waals surface area contributed by atoms with Gasteiger partial charge in [-0.05, 0) is 55.5 Å². The van der Waals surface area contributed by atoms with E-state index in [0.29, 0.717) is 6.04 Å². The fraction of sp³-hybridized carbons (Fsp3) is 0.467. The number of methoxy groups -OCH3 is 1. The Balaban J connectivity index is 1.98. The molecule has 2 nitrogen and oxygen atoms in total. The number of rotatable bonds is 5. The first-order valence-corrected chi connectivity index (χ1v) is 6.33. The number of hydrogen-bond donors (Lipinski definition) is 1. The van der Waals surface area contributed by atoms with Crippen molar-refractivity contribution < 1.29 is 4.74 Å². The Morgan fingerprint density at radius 1 is 1.47 bits per heavy atom. The van der Waals surface area contributed by atoms with E-state index in [2.05, 4.69) is 30.1 Å². The lowest BCUT2D eigenvalue weighted by Gasteiger charge is -2.25. The van der Waals surface area contributed by atoms with Gasteiger partial charge in [-0.25, -0.2) is 0 Å². The highest BCUT2D eigenvalue weighted by Crippen LogP contribution is 2.25. The number of ether oxygens (including phenoxy) is 1. The van der Waals surface area contributed by atoms with E-state index in [9.17, 15) is 0 Å². The molecular formula is C15H21NO. The second kappa shape index (κ2) is 5.87. The normalized spacial score (nSPS) is 18.5. The largest absolute Gasteiger partial charge is 0.497 e. The molecule has 2 rings (SSSR count). The smallest absolute Gasteiger partial charge is 0.119 e. The number of hydrogen-bond acceptors (Lipinski definition) is 2. The Morgan fingerprint density at radius 3 is 3.12 bits per heavy atom. The van der Waals surface area contributed by atoms with Crippen LogP contribution >= 0.6 is 0 Å². The molecule has 1 N–H and O–H groups in total. The van der Waals surface area contributed by atoms with E-state index in [1.54, 1.807) is 7.11 Å². The lowest BCUT2D eigenvalue weighted by atomic mass is 9.88. The Bertz CT molecular complexity index is 387. The van der Waals surface area contributed by atoms with Crippen LogP contribution in [0.2, 0.25) is 0 Å². The molecule has 0 aliphatic heterocycles. The van der Waals surface area contributed by atoms with Crippen LogP contribution < -0.4 is 10.1 Å². The van der Waals surface area contributed by atoms with Crippen molar-refractivity contribution in [2.75, 3.05) is 13.7 Å². The van der Waals surface area contributed by atoms with Crippen molar-refractivity contribution in [3.63, 3.8) is 0 Å². The van der Waals surface area contributed by atoms with Crippen molar-refractivity contribution in [2.24, 2.45) is 0 Å². The minimum absolute atomic E-state index is 0.606. The molecule has 1 aromatic carbocycles. The molecule has 0 bridgehead atoms. The molecule has 0 spiro atoms. The Hall–Kier alpha value is -1.28. The van der Waals surface area contributed by atoms with Crippen molar-refractivity contribution in [3.05, 3.63) is 42.0 Å². The van der Waals surface area contributed by atoms with Gasteiger partial charge in [0.25, 0.3) is 0 Å². The summed E-state index contributed by atoms with van der Waals surface area (Å²) in [5.41, 5.74) is 2.92. The summed E-state index contributed by atoms with van der Waals surface area (Å²) in [4.78, 5) is 0. The zero-order chi connectivity index (χ0) is 12.1. The van der Waals surface area contributed by atoms with Gasteiger partial charge in [-0.2, -0.15) is 0 Å².